The van der Waals surface area contributed by atoms with E-state index in [1.165, 1.54) is 17.3 Å². The maximum Gasteiger partial charge on any atom is 0.237 e. The number of thioether (sulfide) groups is 1. The van der Waals surface area contributed by atoms with Crippen LogP contribution in [-0.2, 0) is 12.3 Å². The molecule has 3 aromatic heterocycles. The van der Waals surface area contributed by atoms with E-state index >= 15 is 0 Å². The number of aromatic nitrogens is 5. The molecule has 32 heavy (non-hydrogen) atoms. The summed E-state index contributed by atoms with van der Waals surface area (Å²) in [4.78, 5) is 4.54. The van der Waals surface area contributed by atoms with Crippen molar-refractivity contribution in [2.75, 3.05) is 0 Å². The Morgan fingerprint density at radius 1 is 0.938 bits per heavy atom. The second-order valence-electron chi connectivity index (χ2n) is 7.45. The van der Waals surface area contributed by atoms with Gasteiger partial charge in [-0.2, -0.15) is 4.98 Å². The summed E-state index contributed by atoms with van der Waals surface area (Å²) >= 11 is 1.51. The van der Waals surface area contributed by atoms with Gasteiger partial charge in [0, 0.05) is 11.1 Å². The molecule has 0 spiro atoms. The summed E-state index contributed by atoms with van der Waals surface area (Å²) in [6.45, 7) is 4.65. The minimum atomic E-state index is 0.489. The van der Waals surface area contributed by atoms with Crippen molar-refractivity contribution in [1.82, 2.24) is 24.9 Å². The minimum Gasteiger partial charge on any atom is -0.467 e. The molecule has 0 saturated heterocycles. The van der Waals surface area contributed by atoms with Gasteiger partial charge in [0.15, 0.2) is 11.0 Å². The Morgan fingerprint density at radius 2 is 1.78 bits per heavy atom. The number of rotatable bonds is 7. The molecule has 0 atom stereocenters. The van der Waals surface area contributed by atoms with Gasteiger partial charge in [-0.3, -0.25) is 4.57 Å². The van der Waals surface area contributed by atoms with Crippen LogP contribution in [0.1, 0.15) is 22.8 Å². The Bertz CT molecular complexity index is 1320. The summed E-state index contributed by atoms with van der Waals surface area (Å²) in [5.41, 5.74) is 4.29. The summed E-state index contributed by atoms with van der Waals surface area (Å²) in [5.74, 6) is 3.24. The molecule has 7 nitrogen and oxygen atoms in total. The zero-order valence-electron chi connectivity index (χ0n) is 17.7. The highest BCUT2D eigenvalue weighted by molar-refractivity contribution is 7.98. The zero-order chi connectivity index (χ0) is 21.9. The fraction of sp³-hybridized carbons (Fsp3) is 0.167. The lowest BCUT2D eigenvalue weighted by Gasteiger charge is -2.10. The molecule has 0 aliphatic heterocycles. The van der Waals surface area contributed by atoms with E-state index in [1.807, 2.05) is 55.5 Å². The van der Waals surface area contributed by atoms with Gasteiger partial charge in [-0.25, -0.2) is 0 Å². The Labute approximate surface area is 189 Å². The summed E-state index contributed by atoms with van der Waals surface area (Å²) in [6.07, 6.45) is 1.67. The van der Waals surface area contributed by atoms with Gasteiger partial charge < -0.3 is 8.94 Å². The van der Waals surface area contributed by atoms with Crippen LogP contribution < -0.4 is 0 Å². The molecule has 160 valence electrons. The summed E-state index contributed by atoms with van der Waals surface area (Å²) in [7, 11) is 0. The third-order valence-electron chi connectivity index (χ3n) is 5.10. The Hall–Kier alpha value is -3.65. The third-order valence-corrected chi connectivity index (χ3v) is 6.05. The lowest BCUT2D eigenvalue weighted by molar-refractivity contribution is 0.391. The first-order chi connectivity index (χ1) is 15.7. The Morgan fingerprint density at radius 3 is 2.56 bits per heavy atom. The van der Waals surface area contributed by atoms with Crippen LogP contribution >= 0.6 is 11.8 Å². The normalized spacial score (nSPS) is 11.2. The number of aryl methyl sites for hydroxylation is 2. The Balaban J connectivity index is 1.40. The van der Waals surface area contributed by atoms with Crippen molar-refractivity contribution < 1.29 is 8.94 Å². The van der Waals surface area contributed by atoms with Gasteiger partial charge in [-0.05, 0) is 31.5 Å². The smallest absolute Gasteiger partial charge is 0.237 e. The average molecular weight is 444 g/mol. The number of nitrogens with zero attached hydrogens (tertiary/aromatic N) is 5. The van der Waals surface area contributed by atoms with Crippen LogP contribution in [0.4, 0.5) is 0 Å². The second kappa shape index (κ2) is 8.84. The van der Waals surface area contributed by atoms with Gasteiger partial charge in [0.1, 0.15) is 5.76 Å². The molecule has 0 bridgehead atoms. The molecule has 3 heterocycles. The monoisotopic (exact) mass is 443 g/mol. The topological polar surface area (TPSA) is 82.8 Å². The number of furan rings is 1. The number of benzene rings is 2. The number of hydrogen-bond donors (Lipinski definition) is 0. The maximum absolute atomic E-state index is 5.58. The average Bonchev–Trinajstić information content (AvgIpc) is 3.56. The quantitative estimate of drug-likeness (QED) is 0.305. The molecule has 0 amide bonds. The lowest BCUT2D eigenvalue weighted by atomic mass is 10.1. The second-order valence-corrected chi connectivity index (χ2v) is 8.40. The fourth-order valence-electron chi connectivity index (χ4n) is 3.38. The van der Waals surface area contributed by atoms with E-state index in [4.69, 9.17) is 8.94 Å². The minimum absolute atomic E-state index is 0.489. The molecule has 5 aromatic rings. The van der Waals surface area contributed by atoms with Crippen LogP contribution in [0.2, 0.25) is 0 Å². The summed E-state index contributed by atoms with van der Waals surface area (Å²) in [5, 5.41) is 13.8. The van der Waals surface area contributed by atoms with Crippen LogP contribution in [0.25, 0.3) is 22.8 Å². The number of hydrogen-bond acceptors (Lipinski definition) is 7. The standard InChI is InChI=1S/C24H21N5O2S/c1-16-9-11-18(12-10-16)22-25-21(31-28-22)15-32-24-27-26-23(20-8-4-3-6-17(20)2)29(24)14-19-7-5-13-30-19/h3-13H,14-15H2,1-2H3. The predicted molar refractivity (Wildman–Crippen MR) is 122 cm³/mol. The van der Waals surface area contributed by atoms with E-state index in [0.717, 1.165) is 33.4 Å². The third kappa shape index (κ3) is 4.22. The van der Waals surface area contributed by atoms with Crippen molar-refractivity contribution in [3.05, 3.63) is 89.7 Å². The van der Waals surface area contributed by atoms with Crippen molar-refractivity contribution in [3.63, 3.8) is 0 Å². The van der Waals surface area contributed by atoms with E-state index < -0.39 is 0 Å². The predicted octanol–water partition coefficient (Wildman–Crippen LogP) is 5.55. The van der Waals surface area contributed by atoms with Gasteiger partial charge in [-0.15, -0.1) is 10.2 Å². The van der Waals surface area contributed by atoms with E-state index in [-0.39, 0.29) is 0 Å². The molecule has 8 heteroatoms. The van der Waals surface area contributed by atoms with Crippen molar-refractivity contribution in [2.24, 2.45) is 0 Å². The molecule has 0 unspecified atom stereocenters. The molecular weight excluding hydrogens is 422 g/mol. The molecule has 0 aliphatic rings. The fourth-order valence-corrected chi connectivity index (χ4v) is 4.15. The molecule has 0 radical (unpaired) electrons. The van der Waals surface area contributed by atoms with Crippen LogP contribution in [0.3, 0.4) is 0 Å². The van der Waals surface area contributed by atoms with E-state index in [9.17, 15) is 0 Å². The molecule has 0 fully saturated rings. The van der Waals surface area contributed by atoms with Crippen LogP contribution in [-0.4, -0.2) is 24.9 Å². The van der Waals surface area contributed by atoms with Crippen molar-refractivity contribution in [1.29, 1.82) is 0 Å². The van der Waals surface area contributed by atoms with Gasteiger partial charge in [0.25, 0.3) is 0 Å². The Kier molecular flexibility index (Phi) is 5.60. The first-order valence-electron chi connectivity index (χ1n) is 10.2. The largest absolute Gasteiger partial charge is 0.467 e. The van der Waals surface area contributed by atoms with Crippen molar-refractivity contribution in [3.8, 4) is 22.8 Å². The lowest BCUT2D eigenvalue weighted by Crippen LogP contribution is -2.04. The molecule has 0 aliphatic carbocycles. The highest BCUT2D eigenvalue weighted by atomic mass is 32.2. The van der Waals surface area contributed by atoms with Gasteiger partial charge in [-0.1, -0.05) is 71.0 Å². The van der Waals surface area contributed by atoms with Gasteiger partial charge in [0.2, 0.25) is 11.7 Å². The molecule has 0 N–H and O–H groups in total. The first-order valence-corrected chi connectivity index (χ1v) is 11.2. The van der Waals surface area contributed by atoms with E-state index in [0.29, 0.717) is 24.0 Å². The SMILES string of the molecule is Cc1ccc(-c2noc(CSc3nnc(-c4ccccc4C)n3Cc3ccco3)n2)cc1. The molecule has 5 rings (SSSR count). The van der Waals surface area contributed by atoms with Crippen molar-refractivity contribution in [2.45, 2.75) is 31.3 Å². The maximum atomic E-state index is 5.58. The molecular formula is C24H21N5O2S. The highest BCUT2D eigenvalue weighted by Crippen LogP contribution is 2.29. The van der Waals surface area contributed by atoms with Crippen LogP contribution in [0.5, 0.6) is 0 Å². The van der Waals surface area contributed by atoms with Crippen LogP contribution in [0.15, 0.2) is 81.0 Å². The van der Waals surface area contributed by atoms with Gasteiger partial charge in [0.05, 0.1) is 18.6 Å². The highest BCUT2D eigenvalue weighted by Gasteiger charge is 2.18. The summed E-state index contributed by atoms with van der Waals surface area (Å²) < 4.78 is 13.1. The van der Waals surface area contributed by atoms with E-state index in [1.54, 1.807) is 6.26 Å². The van der Waals surface area contributed by atoms with Crippen LogP contribution in [0, 0.1) is 13.8 Å². The molecule has 2 aromatic carbocycles. The van der Waals surface area contributed by atoms with Gasteiger partial charge >= 0.3 is 0 Å². The summed E-state index contributed by atoms with van der Waals surface area (Å²) in [6, 6.07) is 20.0. The first kappa shape index (κ1) is 20.3. The van der Waals surface area contributed by atoms with Crippen molar-refractivity contribution >= 4 is 11.8 Å². The molecule has 0 saturated carbocycles. The van der Waals surface area contributed by atoms with E-state index in [2.05, 4.69) is 44.0 Å². The zero-order valence-corrected chi connectivity index (χ0v) is 18.5.